The molecule has 4 saturated heterocycles. The predicted molar refractivity (Wildman–Crippen MR) is 532 cm³/mol. The van der Waals surface area contributed by atoms with Gasteiger partial charge in [0, 0.05) is 123 Å². The van der Waals surface area contributed by atoms with Gasteiger partial charge in [0.05, 0.1) is 57.6 Å². The van der Waals surface area contributed by atoms with E-state index in [1.165, 1.54) is 54.3 Å². The number of rotatable bonds is 33. The molecular formula is C108H132N12O15S2. The van der Waals surface area contributed by atoms with Crippen LogP contribution in [0.5, 0.6) is 23.0 Å². The molecule has 726 valence electrons. The molecule has 2 aliphatic carbocycles. The fraction of sp³-hybridized carbons (Fsp3) is 0.435. The summed E-state index contributed by atoms with van der Waals surface area (Å²) in [4.78, 5) is 112. The SMILES string of the molecule is Cc1ncsc1-c1ccc(CNC(=O)[C@@H]2C[C@@H](O)CN2C(=O)[C@@H](NC(=O)COCCN2CCN(CCOc3ccc([C@H]4c5ccc(O)cc5CC[C@H]4c4ccccc4)cc3)CC2)C(C)(C)C)cc1.Cc1ncsc1-c1ccc(CNC(=O)[C@@H]2C[C@@H](O)CN2C(=O)[C@@H](NC(=O)COCCN2CCNCC2)C(C)(C)C)cc1.O=CCOc1ccc([C@H]2c3ccc(O)cc3CC[C@H]2c2ccccc2)cc1. The summed E-state index contributed by atoms with van der Waals surface area (Å²) >= 11 is 3.17. The van der Waals surface area contributed by atoms with Crippen LogP contribution in [0.2, 0.25) is 0 Å². The quantitative estimate of drug-likeness (QED) is 0.0136. The number of aromatic nitrogens is 2. The zero-order chi connectivity index (χ0) is 96.7. The molecule has 0 radical (unpaired) electrons. The smallest absolute Gasteiger partial charge is 0.246 e. The minimum atomic E-state index is -0.928. The third-order valence-electron chi connectivity index (χ3n) is 26.8. The summed E-state index contributed by atoms with van der Waals surface area (Å²) in [5, 5.41) is 56.0. The molecule has 6 heterocycles. The van der Waals surface area contributed by atoms with E-state index in [4.69, 9.17) is 18.9 Å². The summed E-state index contributed by atoms with van der Waals surface area (Å²) in [5.74, 6) is 1.05. The summed E-state index contributed by atoms with van der Waals surface area (Å²) in [6, 6.07) is 61.8. The Kier molecular flexibility index (Phi) is 35.6. The monoisotopic (exact) mass is 1900 g/mol. The van der Waals surface area contributed by atoms with Crippen molar-refractivity contribution in [2.75, 3.05) is 125 Å². The Morgan fingerprint density at radius 2 is 0.883 bits per heavy atom. The summed E-state index contributed by atoms with van der Waals surface area (Å²) in [6.45, 7) is 26.4. The van der Waals surface area contributed by atoms with Gasteiger partial charge in [-0.2, -0.15) is 0 Å². The highest BCUT2D eigenvalue weighted by Gasteiger charge is 2.47. The number of piperazine rings is 2. The summed E-state index contributed by atoms with van der Waals surface area (Å²) < 4.78 is 23.0. The largest absolute Gasteiger partial charge is 0.508 e. The van der Waals surface area contributed by atoms with E-state index in [0.29, 0.717) is 62.0 Å². The van der Waals surface area contributed by atoms with Gasteiger partial charge in [-0.1, -0.05) is 187 Å². The van der Waals surface area contributed by atoms with Gasteiger partial charge in [0.2, 0.25) is 35.4 Å². The topological polar surface area (TPSA) is 339 Å². The predicted octanol–water partition coefficient (Wildman–Crippen LogP) is 12.5. The molecule has 27 nitrogen and oxygen atoms in total. The molecular weight excluding hydrogens is 1770 g/mol. The Morgan fingerprint density at radius 3 is 1.27 bits per heavy atom. The lowest BCUT2D eigenvalue weighted by Crippen LogP contribution is -2.58. The van der Waals surface area contributed by atoms with E-state index < -0.39 is 64.9 Å². The Labute approximate surface area is 812 Å². The average Bonchev–Trinajstić information content (AvgIpc) is 1.67. The highest BCUT2D eigenvalue weighted by atomic mass is 32.1. The maximum absolute atomic E-state index is 14.1. The molecule has 9 N–H and O–H groups in total. The number of phenols is 2. The zero-order valence-electron chi connectivity index (χ0n) is 79.8. The van der Waals surface area contributed by atoms with Crippen LogP contribution < -0.4 is 36.1 Å². The molecule has 16 rings (SSSR count). The van der Waals surface area contributed by atoms with Crippen LogP contribution in [0.25, 0.3) is 20.9 Å². The van der Waals surface area contributed by atoms with E-state index >= 15 is 0 Å². The fourth-order valence-corrected chi connectivity index (χ4v) is 21.0. The number of aliphatic hydroxyl groups excluding tert-OH is 2. The zero-order valence-corrected chi connectivity index (χ0v) is 81.4. The minimum Gasteiger partial charge on any atom is -0.508 e. The number of ether oxygens (including phenoxy) is 4. The number of aldehydes is 1. The van der Waals surface area contributed by atoms with E-state index in [1.54, 1.807) is 34.8 Å². The van der Waals surface area contributed by atoms with Gasteiger partial charge in [0.25, 0.3) is 0 Å². The Morgan fingerprint density at radius 1 is 0.489 bits per heavy atom. The number of aryl methyl sites for hydroxylation is 4. The first-order valence-electron chi connectivity index (χ1n) is 47.9. The number of hydrogen-bond acceptors (Lipinski definition) is 23. The van der Waals surface area contributed by atoms with Gasteiger partial charge in [0.15, 0.2) is 6.29 Å². The van der Waals surface area contributed by atoms with Crippen molar-refractivity contribution in [3.63, 3.8) is 0 Å². The number of amides is 6. The van der Waals surface area contributed by atoms with E-state index in [9.17, 15) is 54.0 Å². The number of nitrogens with one attached hydrogen (secondary N) is 5. The van der Waals surface area contributed by atoms with Crippen LogP contribution in [0.3, 0.4) is 0 Å². The van der Waals surface area contributed by atoms with Gasteiger partial charge < -0.3 is 75.8 Å². The lowest BCUT2D eigenvalue weighted by Gasteiger charge is -2.35. The van der Waals surface area contributed by atoms with Crippen molar-refractivity contribution in [1.29, 1.82) is 0 Å². The van der Waals surface area contributed by atoms with E-state index in [-0.39, 0.29) is 81.9 Å². The summed E-state index contributed by atoms with van der Waals surface area (Å²) in [5.41, 5.74) is 18.4. The van der Waals surface area contributed by atoms with Crippen LogP contribution in [0, 0.1) is 24.7 Å². The number of fused-ring (bicyclic) bond motifs is 2. The third kappa shape index (κ3) is 27.5. The molecule has 29 heteroatoms. The number of carbonyl (C=O) groups excluding carboxylic acids is 7. The number of carbonyl (C=O) groups is 7. The van der Waals surface area contributed by atoms with E-state index in [0.717, 1.165) is 147 Å². The molecule has 6 aliphatic rings. The highest BCUT2D eigenvalue weighted by Crippen LogP contribution is 2.49. The molecule has 0 spiro atoms. The van der Waals surface area contributed by atoms with Gasteiger partial charge in [-0.25, -0.2) is 9.97 Å². The van der Waals surface area contributed by atoms with Crippen molar-refractivity contribution in [1.82, 2.24) is 61.1 Å². The van der Waals surface area contributed by atoms with Crippen LogP contribution >= 0.6 is 22.7 Å². The van der Waals surface area contributed by atoms with Crippen molar-refractivity contribution in [2.24, 2.45) is 10.8 Å². The number of benzene rings is 8. The van der Waals surface area contributed by atoms with Gasteiger partial charge in [-0.05, 0) is 177 Å². The van der Waals surface area contributed by atoms with Crippen LogP contribution in [-0.2, 0) is 69.0 Å². The molecule has 10 atom stereocenters. The number of β-amino-alcohol motifs (C(OH)–C–C–N with tert-alkyl or cyclic N) is 2. The van der Waals surface area contributed by atoms with Gasteiger partial charge >= 0.3 is 0 Å². The molecule has 0 bridgehead atoms. The normalized spacial score (nSPS) is 20.0. The first-order chi connectivity index (χ1) is 66.1. The number of thiazole rings is 2. The molecule has 0 unspecified atom stereocenters. The maximum Gasteiger partial charge on any atom is 0.246 e. The molecule has 137 heavy (non-hydrogen) atoms. The lowest BCUT2D eigenvalue weighted by molar-refractivity contribution is -0.144. The standard InChI is InChI=1S/C54H66N6O7S.C30H44N6O5S.C24H22O3/c1-36-50(68-35-56-36)40-12-10-37(11-13-40)32-55-52(64)47-31-43(62)33-60(47)53(65)51(54(2,3)4)57-48(63)34-66-28-26-58-22-24-59(25-23-58)27-29-67-44-18-14-39(15-19-44)49-45(38-8-6-5-7-9-38)20-16-41-30-42(61)17-21-46(41)49;1-20-26(42-19-33-20)22-7-5-21(6-8-22)16-32-28(39)24-15-23(37)17-36(24)29(40)27(30(2,3)4)34-25(38)18-41-14-13-35-11-9-31-10-12-35;25-14-15-27-21-10-6-18(7-11-21)24-22(17-4-2-1-3-5-17)12-8-19-16-20(26)9-13-23(19)24/h5-15,17-19,21,30,35,43,45,47,49,51,61-62H,16,20,22-29,31-34H2,1-4H3,(H,55,64)(H,57,63);5-8,19,23-24,27,31,37H,9-18H2,1-4H3,(H,32,39)(H,34,38);1-7,9-11,13-14,16,22,24,26H,8,12,15H2/t43-,45+,47+,49-,51-;23-,24+,27-;22-,24+/m110/s1. The first kappa shape index (κ1) is 101. The molecule has 8 aromatic carbocycles. The third-order valence-corrected chi connectivity index (χ3v) is 28.7. The molecule has 2 aromatic heterocycles. The number of nitrogens with zero attached hydrogens (tertiary/aromatic N) is 7. The van der Waals surface area contributed by atoms with E-state index in [1.807, 2.05) is 145 Å². The highest BCUT2D eigenvalue weighted by molar-refractivity contribution is 7.13. The molecule has 10 aromatic rings. The minimum absolute atomic E-state index is 0.00779. The van der Waals surface area contributed by atoms with Crippen LogP contribution in [0.1, 0.15) is 158 Å². The molecule has 4 aliphatic heterocycles. The van der Waals surface area contributed by atoms with Crippen LogP contribution in [0.15, 0.2) is 205 Å². The maximum atomic E-state index is 14.1. The van der Waals surface area contributed by atoms with Gasteiger partial charge in [-0.15, -0.1) is 22.7 Å². The molecule has 4 fully saturated rings. The second kappa shape index (κ2) is 48.1. The summed E-state index contributed by atoms with van der Waals surface area (Å²) in [6.07, 6.45) is 3.29. The van der Waals surface area contributed by atoms with Crippen LogP contribution in [0.4, 0.5) is 0 Å². The van der Waals surface area contributed by atoms with Crippen molar-refractivity contribution in [3.8, 4) is 43.9 Å². The number of aliphatic hydroxyl groups is 2. The molecule has 0 saturated carbocycles. The number of hydrogen-bond donors (Lipinski definition) is 9. The lowest BCUT2D eigenvalue weighted by atomic mass is 9.69. The Bertz CT molecular complexity index is 5630. The Hall–Kier alpha value is -11.6. The fourth-order valence-electron chi connectivity index (χ4n) is 19.4. The Balaban J connectivity index is 0.000000183. The first-order valence-corrected chi connectivity index (χ1v) is 49.6. The summed E-state index contributed by atoms with van der Waals surface area (Å²) in [7, 11) is 0. The second-order valence-electron chi connectivity index (χ2n) is 38.6. The second-order valence-corrected chi connectivity index (χ2v) is 40.3. The number of phenolic OH excluding ortho intramolecular Hbond substituents is 2. The van der Waals surface area contributed by atoms with Gasteiger partial charge in [0.1, 0.15) is 73.6 Å². The van der Waals surface area contributed by atoms with Crippen molar-refractivity contribution >= 4 is 64.4 Å². The van der Waals surface area contributed by atoms with Crippen molar-refractivity contribution in [2.45, 2.75) is 167 Å². The van der Waals surface area contributed by atoms with E-state index in [2.05, 4.69) is 154 Å². The molecule has 6 amide bonds. The average molecular weight is 1900 g/mol. The van der Waals surface area contributed by atoms with Crippen LogP contribution in [-0.4, -0.2) is 258 Å². The number of likely N-dealkylation sites (tertiary alicyclic amines) is 2. The van der Waals surface area contributed by atoms with Crippen molar-refractivity contribution < 1.29 is 72.9 Å². The van der Waals surface area contributed by atoms with Gasteiger partial charge in [-0.3, -0.25) is 48.3 Å². The number of aromatic hydroxyl groups is 2. The van der Waals surface area contributed by atoms with Crippen molar-refractivity contribution in [3.05, 3.63) is 272 Å².